The molecule has 0 saturated carbocycles. The molecule has 0 aromatic heterocycles. The van der Waals surface area contributed by atoms with Gasteiger partial charge in [0.2, 0.25) is 0 Å². The highest BCUT2D eigenvalue weighted by Crippen LogP contribution is 2.21. The van der Waals surface area contributed by atoms with Crippen molar-refractivity contribution in [2.24, 2.45) is 0 Å². The Morgan fingerprint density at radius 2 is 1.63 bits per heavy atom. The fourth-order valence-electron chi connectivity index (χ4n) is 3.01. The molecule has 30 heavy (non-hydrogen) atoms. The topological polar surface area (TPSA) is 101 Å². The molecule has 0 radical (unpaired) electrons. The zero-order valence-corrected chi connectivity index (χ0v) is 16.6. The molecule has 0 heterocycles. The maximum atomic E-state index is 12.5. The van der Waals surface area contributed by atoms with E-state index in [1.54, 1.807) is 43.3 Å². The zero-order valence-electron chi connectivity index (χ0n) is 16.6. The van der Waals surface area contributed by atoms with Crippen LogP contribution in [0.25, 0.3) is 0 Å². The highest BCUT2D eigenvalue weighted by molar-refractivity contribution is 6.04. The molecule has 3 aromatic carbocycles. The van der Waals surface area contributed by atoms with E-state index in [0.29, 0.717) is 16.8 Å². The van der Waals surface area contributed by atoms with Crippen molar-refractivity contribution in [3.05, 3.63) is 105 Å². The van der Waals surface area contributed by atoms with Gasteiger partial charge in [0.25, 0.3) is 17.5 Å². The summed E-state index contributed by atoms with van der Waals surface area (Å²) in [5.74, 6) is -0.617. The molecule has 152 valence electrons. The standard InChI is InChI=1S/C23H21N3O4/c1-15-9-11-18(12-10-15)22(27)25-19-6-3-5-17(13-19)14-24-23(28)20-7-4-8-21(16(20)2)26(29)30/h3-13H,14H2,1-2H3,(H,24,28)(H,25,27). The zero-order chi connectivity index (χ0) is 21.7. The normalized spacial score (nSPS) is 10.3. The summed E-state index contributed by atoms with van der Waals surface area (Å²) in [5.41, 5.74) is 3.51. The third kappa shape index (κ3) is 4.88. The number of carbonyl (C=O) groups excluding carboxylic acids is 2. The number of aryl methyl sites for hydroxylation is 1. The van der Waals surface area contributed by atoms with E-state index in [-0.39, 0.29) is 23.7 Å². The summed E-state index contributed by atoms with van der Waals surface area (Å²) in [6.07, 6.45) is 0. The number of amides is 2. The summed E-state index contributed by atoms with van der Waals surface area (Å²) in [4.78, 5) is 35.4. The van der Waals surface area contributed by atoms with Crippen LogP contribution in [0.4, 0.5) is 11.4 Å². The van der Waals surface area contributed by atoms with Crippen LogP contribution < -0.4 is 10.6 Å². The number of rotatable bonds is 6. The molecule has 0 bridgehead atoms. The average Bonchev–Trinajstić information content (AvgIpc) is 2.72. The highest BCUT2D eigenvalue weighted by Gasteiger charge is 2.17. The maximum Gasteiger partial charge on any atom is 0.273 e. The Bertz CT molecular complexity index is 1110. The van der Waals surface area contributed by atoms with Crippen molar-refractivity contribution in [1.29, 1.82) is 0 Å². The summed E-state index contributed by atoms with van der Waals surface area (Å²) in [6, 6.07) is 18.8. The molecule has 0 aliphatic heterocycles. The van der Waals surface area contributed by atoms with Gasteiger partial charge >= 0.3 is 0 Å². The molecule has 0 aliphatic rings. The van der Waals surface area contributed by atoms with E-state index in [1.807, 2.05) is 25.1 Å². The lowest BCUT2D eigenvalue weighted by atomic mass is 10.1. The van der Waals surface area contributed by atoms with Crippen LogP contribution in [0.15, 0.2) is 66.7 Å². The maximum absolute atomic E-state index is 12.5. The third-order valence-electron chi connectivity index (χ3n) is 4.70. The molecule has 0 atom stereocenters. The summed E-state index contributed by atoms with van der Waals surface area (Å²) >= 11 is 0. The molecule has 0 fully saturated rings. The number of hydrogen-bond donors (Lipinski definition) is 2. The minimum atomic E-state index is -0.508. The van der Waals surface area contributed by atoms with Crippen LogP contribution in [0.5, 0.6) is 0 Å². The first-order chi connectivity index (χ1) is 14.3. The third-order valence-corrected chi connectivity index (χ3v) is 4.70. The van der Waals surface area contributed by atoms with Crippen molar-refractivity contribution in [1.82, 2.24) is 5.32 Å². The van der Waals surface area contributed by atoms with E-state index >= 15 is 0 Å². The quantitative estimate of drug-likeness (QED) is 0.471. The van der Waals surface area contributed by atoms with Gasteiger partial charge in [-0.1, -0.05) is 35.9 Å². The van der Waals surface area contributed by atoms with Crippen molar-refractivity contribution >= 4 is 23.2 Å². The van der Waals surface area contributed by atoms with Crippen molar-refractivity contribution in [2.75, 3.05) is 5.32 Å². The number of nitro groups is 1. The number of anilines is 1. The Balaban J connectivity index is 1.66. The van der Waals surface area contributed by atoms with Gasteiger partial charge in [-0.3, -0.25) is 19.7 Å². The second-order valence-corrected chi connectivity index (χ2v) is 6.91. The van der Waals surface area contributed by atoms with Crippen molar-refractivity contribution in [2.45, 2.75) is 20.4 Å². The molecule has 0 aliphatic carbocycles. The Kier molecular flexibility index (Phi) is 6.22. The molecule has 0 spiro atoms. The van der Waals surface area contributed by atoms with Crippen LogP contribution in [-0.2, 0) is 6.54 Å². The first-order valence-electron chi connectivity index (χ1n) is 9.34. The van der Waals surface area contributed by atoms with Gasteiger partial charge in [-0.05, 0) is 49.7 Å². The van der Waals surface area contributed by atoms with Gasteiger partial charge < -0.3 is 10.6 Å². The smallest absolute Gasteiger partial charge is 0.273 e. The Morgan fingerprint density at radius 3 is 2.33 bits per heavy atom. The minimum Gasteiger partial charge on any atom is -0.348 e. The lowest BCUT2D eigenvalue weighted by Gasteiger charge is -2.10. The second-order valence-electron chi connectivity index (χ2n) is 6.91. The Labute approximate surface area is 173 Å². The van der Waals surface area contributed by atoms with Crippen molar-refractivity contribution in [3.8, 4) is 0 Å². The first kappa shape index (κ1) is 20.7. The Morgan fingerprint density at radius 1 is 0.933 bits per heavy atom. The van der Waals surface area contributed by atoms with Crippen LogP contribution in [0.2, 0.25) is 0 Å². The fourth-order valence-corrected chi connectivity index (χ4v) is 3.01. The lowest BCUT2D eigenvalue weighted by molar-refractivity contribution is -0.385. The van der Waals surface area contributed by atoms with E-state index < -0.39 is 10.8 Å². The van der Waals surface area contributed by atoms with Crippen LogP contribution in [0, 0.1) is 24.0 Å². The van der Waals surface area contributed by atoms with Crippen LogP contribution in [0.1, 0.15) is 37.4 Å². The largest absolute Gasteiger partial charge is 0.348 e. The molecule has 2 amide bonds. The van der Waals surface area contributed by atoms with Gasteiger partial charge in [0.05, 0.1) is 4.92 Å². The molecular weight excluding hydrogens is 382 g/mol. The van der Waals surface area contributed by atoms with Crippen LogP contribution >= 0.6 is 0 Å². The van der Waals surface area contributed by atoms with Gasteiger partial charge in [0.15, 0.2) is 0 Å². The predicted octanol–water partition coefficient (Wildman–Crippen LogP) is 4.39. The number of hydrogen-bond acceptors (Lipinski definition) is 4. The molecule has 2 N–H and O–H groups in total. The number of nitrogens with one attached hydrogen (secondary N) is 2. The van der Waals surface area contributed by atoms with Gasteiger partial charge in [0, 0.05) is 35.0 Å². The highest BCUT2D eigenvalue weighted by atomic mass is 16.6. The van der Waals surface area contributed by atoms with Crippen LogP contribution in [-0.4, -0.2) is 16.7 Å². The molecule has 3 aromatic rings. The van der Waals surface area contributed by atoms with E-state index in [4.69, 9.17) is 0 Å². The monoisotopic (exact) mass is 403 g/mol. The summed E-state index contributed by atoms with van der Waals surface area (Å²) in [5, 5.41) is 16.7. The number of nitrogens with zero attached hydrogens (tertiary/aromatic N) is 1. The van der Waals surface area contributed by atoms with Crippen molar-refractivity contribution < 1.29 is 14.5 Å². The van der Waals surface area contributed by atoms with E-state index in [0.717, 1.165) is 11.1 Å². The number of benzene rings is 3. The molecule has 7 heteroatoms. The van der Waals surface area contributed by atoms with Gasteiger partial charge in [-0.25, -0.2) is 0 Å². The predicted molar refractivity (Wildman–Crippen MR) is 115 cm³/mol. The van der Waals surface area contributed by atoms with E-state index in [9.17, 15) is 19.7 Å². The lowest BCUT2D eigenvalue weighted by Crippen LogP contribution is -2.24. The van der Waals surface area contributed by atoms with Gasteiger partial charge in [0.1, 0.15) is 0 Å². The summed E-state index contributed by atoms with van der Waals surface area (Å²) < 4.78 is 0. The van der Waals surface area contributed by atoms with E-state index in [2.05, 4.69) is 10.6 Å². The Hall–Kier alpha value is -4.00. The molecule has 7 nitrogen and oxygen atoms in total. The molecule has 3 rings (SSSR count). The van der Waals surface area contributed by atoms with Gasteiger partial charge in [-0.15, -0.1) is 0 Å². The minimum absolute atomic E-state index is 0.0940. The average molecular weight is 403 g/mol. The summed E-state index contributed by atoms with van der Waals surface area (Å²) in [6.45, 7) is 3.72. The van der Waals surface area contributed by atoms with Gasteiger partial charge in [-0.2, -0.15) is 0 Å². The number of carbonyl (C=O) groups is 2. The SMILES string of the molecule is Cc1ccc(C(=O)Nc2cccc(CNC(=O)c3cccc([N+](=O)[O-])c3C)c2)cc1. The fraction of sp³-hybridized carbons (Fsp3) is 0.130. The van der Waals surface area contributed by atoms with Crippen molar-refractivity contribution in [3.63, 3.8) is 0 Å². The second kappa shape index (κ2) is 9.00. The number of nitro benzene ring substituents is 1. The first-order valence-corrected chi connectivity index (χ1v) is 9.34. The molecule has 0 saturated heterocycles. The molecule has 0 unspecified atom stereocenters. The van der Waals surface area contributed by atoms with Crippen LogP contribution in [0.3, 0.4) is 0 Å². The summed E-state index contributed by atoms with van der Waals surface area (Å²) in [7, 11) is 0. The molecular formula is C23H21N3O4. The van der Waals surface area contributed by atoms with E-state index in [1.165, 1.54) is 12.1 Å².